The minimum absolute atomic E-state index is 0.0516. The second-order valence-corrected chi connectivity index (χ2v) is 11.2. The van der Waals surface area contributed by atoms with Crippen LogP contribution >= 0.6 is 0 Å². The van der Waals surface area contributed by atoms with Crippen molar-refractivity contribution >= 4 is 11.8 Å². The van der Waals surface area contributed by atoms with Crippen molar-refractivity contribution < 1.29 is 14.3 Å². The molecule has 196 valence electrons. The molecular formula is C27H50N4O3. The molecule has 0 radical (unpaired) electrons. The van der Waals surface area contributed by atoms with Crippen LogP contribution in [0.3, 0.4) is 0 Å². The zero-order valence-corrected chi connectivity index (χ0v) is 22.2. The van der Waals surface area contributed by atoms with Gasteiger partial charge in [-0.15, -0.1) is 0 Å². The second kappa shape index (κ2) is 13.2. The summed E-state index contributed by atoms with van der Waals surface area (Å²) >= 11 is 0. The van der Waals surface area contributed by atoms with Crippen molar-refractivity contribution in [1.82, 2.24) is 20.4 Å². The number of carbonyl (C=O) groups is 2. The zero-order chi connectivity index (χ0) is 24.6. The summed E-state index contributed by atoms with van der Waals surface area (Å²) in [7, 11) is 0. The van der Waals surface area contributed by atoms with Crippen molar-refractivity contribution in [3.8, 4) is 0 Å². The van der Waals surface area contributed by atoms with Gasteiger partial charge in [0.15, 0.2) is 0 Å². The van der Waals surface area contributed by atoms with Crippen molar-refractivity contribution in [2.24, 2.45) is 11.3 Å². The Labute approximate surface area is 207 Å². The predicted molar refractivity (Wildman–Crippen MR) is 137 cm³/mol. The van der Waals surface area contributed by atoms with Crippen LogP contribution in [0, 0.1) is 11.3 Å². The Balaban J connectivity index is 1.67. The first kappa shape index (κ1) is 27.4. The van der Waals surface area contributed by atoms with Crippen LogP contribution < -0.4 is 10.6 Å². The van der Waals surface area contributed by atoms with Crippen LogP contribution in [-0.2, 0) is 14.3 Å². The first-order valence-corrected chi connectivity index (χ1v) is 14.0. The van der Waals surface area contributed by atoms with Gasteiger partial charge in [-0.1, -0.05) is 26.7 Å². The maximum atomic E-state index is 13.8. The predicted octanol–water partition coefficient (Wildman–Crippen LogP) is 3.18. The number of likely N-dealkylation sites (tertiary alicyclic amines) is 2. The van der Waals surface area contributed by atoms with E-state index in [1.165, 1.54) is 25.9 Å². The molecule has 0 saturated carbocycles. The van der Waals surface area contributed by atoms with E-state index in [0.29, 0.717) is 25.2 Å². The highest BCUT2D eigenvalue weighted by atomic mass is 16.5. The Morgan fingerprint density at radius 1 is 0.971 bits per heavy atom. The molecule has 7 heteroatoms. The molecule has 3 aliphatic heterocycles. The van der Waals surface area contributed by atoms with Crippen molar-refractivity contribution in [3.05, 3.63) is 0 Å². The molecule has 0 aromatic carbocycles. The van der Waals surface area contributed by atoms with Gasteiger partial charge in [0.25, 0.3) is 0 Å². The number of hydrogen-bond acceptors (Lipinski definition) is 5. The van der Waals surface area contributed by atoms with E-state index in [4.69, 9.17) is 4.74 Å². The Hall–Kier alpha value is -1.18. The Bertz CT molecular complexity index is 640. The van der Waals surface area contributed by atoms with Crippen LogP contribution in [0.15, 0.2) is 0 Å². The number of hydrogen-bond donors (Lipinski definition) is 2. The summed E-state index contributed by atoms with van der Waals surface area (Å²) in [5.41, 5.74) is -0.370. The molecule has 7 nitrogen and oxygen atoms in total. The molecule has 3 fully saturated rings. The van der Waals surface area contributed by atoms with Crippen LogP contribution in [0.2, 0.25) is 0 Å². The molecule has 3 aliphatic rings. The molecule has 3 rings (SSSR count). The summed E-state index contributed by atoms with van der Waals surface area (Å²) in [5, 5.41) is 6.27. The minimum Gasteiger partial charge on any atom is -0.381 e. The summed E-state index contributed by atoms with van der Waals surface area (Å²) in [6, 6.07) is 0.802. The summed E-state index contributed by atoms with van der Waals surface area (Å²) in [5.74, 6) is 0.154. The average molecular weight is 479 g/mol. The first-order chi connectivity index (χ1) is 16.4. The normalized spacial score (nSPS) is 28.3. The van der Waals surface area contributed by atoms with Gasteiger partial charge in [0.1, 0.15) is 6.04 Å². The summed E-state index contributed by atoms with van der Waals surface area (Å²) in [6.45, 7) is 15.1. The molecule has 2 atom stereocenters. The van der Waals surface area contributed by atoms with Crippen molar-refractivity contribution in [1.29, 1.82) is 0 Å². The van der Waals surface area contributed by atoms with Gasteiger partial charge in [0, 0.05) is 31.8 Å². The van der Waals surface area contributed by atoms with Crippen molar-refractivity contribution in [2.45, 2.75) is 104 Å². The second-order valence-electron chi connectivity index (χ2n) is 11.2. The van der Waals surface area contributed by atoms with E-state index in [1.807, 2.05) is 0 Å². The number of piperidine rings is 2. The number of rotatable bonds is 4. The standard InChI is InChI=1S/C27H50N4O3/c1-5-22(4)24-25(32)28-14-8-20-34-19-7-6-11-27(26(33)29-24)12-17-31(18-13-27)23-9-15-30(16-10-23)21(2)3/h21-24H,5-20H2,1-4H3,(H,28,32)(H,29,33)/t22-,24-/m0/s1. The fourth-order valence-corrected chi connectivity index (χ4v) is 5.94. The van der Waals surface area contributed by atoms with Gasteiger partial charge < -0.3 is 25.2 Å². The lowest BCUT2D eigenvalue weighted by Gasteiger charge is -2.46. The monoisotopic (exact) mass is 478 g/mol. The third-order valence-electron chi connectivity index (χ3n) is 8.72. The molecule has 3 heterocycles. The molecule has 0 unspecified atom stereocenters. The van der Waals surface area contributed by atoms with Gasteiger partial charge >= 0.3 is 0 Å². The van der Waals surface area contributed by atoms with E-state index in [0.717, 1.165) is 64.6 Å². The Morgan fingerprint density at radius 3 is 2.29 bits per heavy atom. The van der Waals surface area contributed by atoms with Gasteiger partial charge in [-0.3, -0.25) is 9.59 Å². The fraction of sp³-hybridized carbons (Fsp3) is 0.926. The smallest absolute Gasteiger partial charge is 0.242 e. The summed E-state index contributed by atoms with van der Waals surface area (Å²) in [6.07, 6.45) is 8.78. The number of carbonyl (C=O) groups excluding carboxylic acids is 2. The maximum Gasteiger partial charge on any atom is 0.242 e. The molecule has 34 heavy (non-hydrogen) atoms. The van der Waals surface area contributed by atoms with Crippen LogP contribution in [0.25, 0.3) is 0 Å². The van der Waals surface area contributed by atoms with E-state index >= 15 is 0 Å². The Kier molecular flexibility index (Phi) is 10.7. The molecular weight excluding hydrogens is 428 g/mol. The molecule has 2 N–H and O–H groups in total. The van der Waals surface area contributed by atoms with Crippen molar-refractivity contribution in [2.75, 3.05) is 45.9 Å². The SMILES string of the molecule is CC[C@H](C)[C@@H]1NC(=O)C2(CCCCOCCCNC1=O)CCN(C1CCN(C(C)C)CC1)CC2. The molecule has 2 amide bonds. The van der Waals surface area contributed by atoms with Crippen LogP contribution in [0.1, 0.15) is 85.5 Å². The largest absolute Gasteiger partial charge is 0.381 e. The van der Waals surface area contributed by atoms with E-state index in [2.05, 4.69) is 48.1 Å². The van der Waals surface area contributed by atoms with Crippen LogP contribution in [0.5, 0.6) is 0 Å². The molecule has 0 aromatic heterocycles. The van der Waals surface area contributed by atoms with E-state index in [1.54, 1.807) is 0 Å². The third-order valence-corrected chi connectivity index (χ3v) is 8.72. The van der Waals surface area contributed by atoms with E-state index in [-0.39, 0.29) is 23.1 Å². The van der Waals surface area contributed by atoms with E-state index in [9.17, 15) is 9.59 Å². The lowest BCUT2D eigenvalue weighted by Crippen LogP contribution is -2.57. The number of ether oxygens (including phenoxy) is 1. The van der Waals surface area contributed by atoms with Gasteiger partial charge in [-0.25, -0.2) is 0 Å². The molecule has 0 aliphatic carbocycles. The highest BCUT2D eigenvalue weighted by Gasteiger charge is 2.44. The van der Waals surface area contributed by atoms with Crippen LogP contribution in [0.4, 0.5) is 0 Å². The highest BCUT2D eigenvalue weighted by molar-refractivity contribution is 5.90. The number of amides is 2. The molecule has 0 bridgehead atoms. The molecule has 3 saturated heterocycles. The number of nitrogens with one attached hydrogen (secondary N) is 2. The first-order valence-electron chi connectivity index (χ1n) is 14.0. The zero-order valence-electron chi connectivity index (χ0n) is 22.2. The summed E-state index contributed by atoms with van der Waals surface area (Å²) in [4.78, 5) is 32.0. The quantitative estimate of drug-likeness (QED) is 0.649. The minimum atomic E-state index is -0.461. The highest BCUT2D eigenvalue weighted by Crippen LogP contribution is 2.39. The molecule has 1 spiro atoms. The lowest BCUT2D eigenvalue weighted by molar-refractivity contribution is -0.139. The van der Waals surface area contributed by atoms with Gasteiger partial charge in [-0.2, -0.15) is 0 Å². The van der Waals surface area contributed by atoms with E-state index < -0.39 is 6.04 Å². The third kappa shape index (κ3) is 7.17. The average Bonchev–Trinajstić information content (AvgIpc) is 2.85. The van der Waals surface area contributed by atoms with Crippen LogP contribution in [-0.4, -0.2) is 85.7 Å². The van der Waals surface area contributed by atoms with Gasteiger partial charge in [0.05, 0.1) is 5.41 Å². The molecule has 0 aromatic rings. The fourth-order valence-electron chi connectivity index (χ4n) is 5.94. The number of nitrogens with zero attached hydrogens (tertiary/aromatic N) is 2. The van der Waals surface area contributed by atoms with Crippen molar-refractivity contribution in [3.63, 3.8) is 0 Å². The Morgan fingerprint density at radius 2 is 1.65 bits per heavy atom. The summed E-state index contributed by atoms with van der Waals surface area (Å²) < 4.78 is 5.77. The van der Waals surface area contributed by atoms with Gasteiger partial charge in [0.2, 0.25) is 11.8 Å². The topological polar surface area (TPSA) is 73.9 Å². The van der Waals surface area contributed by atoms with Gasteiger partial charge in [-0.05, 0) is 90.9 Å². The maximum absolute atomic E-state index is 13.8. The lowest BCUT2D eigenvalue weighted by atomic mass is 9.72.